The van der Waals surface area contributed by atoms with Crippen LogP contribution < -0.4 is 5.73 Å². The van der Waals surface area contributed by atoms with Crippen molar-refractivity contribution in [2.24, 2.45) is 5.73 Å². The minimum atomic E-state index is 0.854. The van der Waals surface area contributed by atoms with Crippen LogP contribution in [0.2, 0.25) is 0 Å². The third-order valence-electron chi connectivity index (χ3n) is 3.57. The predicted octanol–water partition coefficient (Wildman–Crippen LogP) is 3.02. The molecular formula is C14H24N2S. The zero-order valence-electron chi connectivity index (χ0n) is 10.7. The number of hydrogen-bond donors (Lipinski definition) is 1. The van der Waals surface area contributed by atoms with Crippen LogP contribution in [0.25, 0.3) is 0 Å². The lowest BCUT2D eigenvalue weighted by molar-refractivity contribution is 0.250. The maximum Gasteiger partial charge on any atom is 0.0244 e. The van der Waals surface area contributed by atoms with Gasteiger partial charge in [0.25, 0.3) is 0 Å². The minimum Gasteiger partial charge on any atom is -0.330 e. The summed E-state index contributed by atoms with van der Waals surface area (Å²) in [5, 5.41) is 2.24. The first-order chi connectivity index (χ1) is 8.40. The van der Waals surface area contributed by atoms with Gasteiger partial charge in [0.05, 0.1) is 0 Å². The van der Waals surface area contributed by atoms with Gasteiger partial charge in [-0.25, -0.2) is 0 Å². The van der Waals surface area contributed by atoms with Crippen LogP contribution in [0.3, 0.4) is 0 Å². The topological polar surface area (TPSA) is 29.3 Å². The van der Waals surface area contributed by atoms with Crippen molar-refractivity contribution in [2.75, 3.05) is 19.6 Å². The summed E-state index contributed by atoms with van der Waals surface area (Å²) in [7, 11) is 0. The molecule has 2 nitrogen and oxygen atoms in total. The van der Waals surface area contributed by atoms with Crippen molar-refractivity contribution in [2.45, 2.75) is 45.1 Å². The molecule has 0 bridgehead atoms. The first-order valence-corrected chi connectivity index (χ1v) is 7.76. The Morgan fingerprint density at radius 1 is 1.18 bits per heavy atom. The zero-order valence-corrected chi connectivity index (χ0v) is 11.5. The Morgan fingerprint density at radius 3 is 2.88 bits per heavy atom. The highest BCUT2D eigenvalue weighted by atomic mass is 32.1. The average molecular weight is 252 g/mol. The van der Waals surface area contributed by atoms with Gasteiger partial charge in [-0.1, -0.05) is 19.3 Å². The Hall–Kier alpha value is -0.380. The van der Waals surface area contributed by atoms with E-state index in [1.54, 1.807) is 10.4 Å². The van der Waals surface area contributed by atoms with Crippen LogP contribution in [-0.4, -0.2) is 24.5 Å². The Labute approximate surface area is 109 Å². The SMILES string of the molecule is NCCCCCCCN1CCc2sccc2C1. The summed E-state index contributed by atoms with van der Waals surface area (Å²) >= 11 is 1.93. The molecule has 2 heterocycles. The second-order valence-electron chi connectivity index (χ2n) is 4.95. The van der Waals surface area contributed by atoms with Gasteiger partial charge in [0, 0.05) is 18.0 Å². The molecule has 0 atom stereocenters. The fourth-order valence-corrected chi connectivity index (χ4v) is 3.40. The van der Waals surface area contributed by atoms with E-state index in [4.69, 9.17) is 5.73 Å². The van der Waals surface area contributed by atoms with Crippen molar-refractivity contribution >= 4 is 11.3 Å². The molecule has 0 spiro atoms. The summed E-state index contributed by atoms with van der Waals surface area (Å²) in [5.41, 5.74) is 7.06. The molecule has 0 saturated heterocycles. The van der Waals surface area contributed by atoms with Crippen molar-refractivity contribution in [3.63, 3.8) is 0 Å². The highest BCUT2D eigenvalue weighted by Crippen LogP contribution is 2.24. The summed E-state index contributed by atoms with van der Waals surface area (Å²) in [5.74, 6) is 0. The monoisotopic (exact) mass is 252 g/mol. The molecule has 1 aliphatic rings. The summed E-state index contributed by atoms with van der Waals surface area (Å²) < 4.78 is 0. The van der Waals surface area contributed by atoms with E-state index in [-0.39, 0.29) is 0 Å². The molecule has 1 aromatic heterocycles. The lowest BCUT2D eigenvalue weighted by atomic mass is 10.1. The van der Waals surface area contributed by atoms with E-state index < -0.39 is 0 Å². The van der Waals surface area contributed by atoms with Gasteiger partial charge in [-0.2, -0.15) is 0 Å². The summed E-state index contributed by atoms with van der Waals surface area (Å²) in [4.78, 5) is 4.22. The second kappa shape index (κ2) is 7.14. The van der Waals surface area contributed by atoms with Gasteiger partial charge >= 0.3 is 0 Å². The first-order valence-electron chi connectivity index (χ1n) is 6.88. The van der Waals surface area contributed by atoms with Crippen molar-refractivity contribution in [3.8, 4) is 0 Å². The molecule has 0 saturated carbocycles. The van der Waals surface area contributed by atoms with Gasteiger partial charge in [0.15, 0.2) is 0 Å². The third kappa shape index (κ3) is 4.09. The van der Waals surface area contributed by atoms with Crippen LogP contribution in [0.4, 0.5) is 0 Å². The molecule has 0 aliphatic carbocycles. The fraction of sp³-hybridized carbons (Fsp3) is 0.714. The van der Waals surface area contributed by atoms with Crippen molar-refractivity contribution < 1.29 is 0 Å². The third-order valence-corrected chi connectivity index (χ3v) is 4.59. The predicted molar refractivity (Wildman–Crippen MR) is 75.4 cm³/mol. The van der Waals surface area contributed by atoms with Gasteiger partial charge in [-0.3, -0.25) is 4.90 Å². The van der Waals surface area contributed by atoms with E-state index in [2.05, 4.69) is 16.3 Å². The number of nitrogens with zero attached hydrogens (tertiary/aromatic N) is 1. The van der Waals surface area contributed by atoms with E-state index in [1.807, 2.05) is 11.3 Å². The number of nitrogens with two attached hydrogens (primary N) is 1. The highest BCUT2D eigenvalue weighted by Gasteiger charge is 2.16. The van der Waals surface area contributed by atoms with Crippen LogP contribution >= 0.6 is 11.3 Å². The molecule has 17 heavy (non-hydrogen) atoms. The molecule has 0 aromatic carbocycles. The van der Waals surface area contributed by atoms with Crippen LogP contribution in [0.5, 0.6) is 0 Å². The van der Waals surface area contributed by atoms with Crippen LogP contribution in [0.1, 0.15) is 42.5 Å². The van der Waals surface area contributed by atoms with E-state index in [1.165, 1.54) is 58.2 Å². The second-order valence-corrected chi connectivity index (χ2v) is 5.95. The highest BCUT2D eigenvalue weighted by molar-refractivity contribution is 7.10. The smallest absolute Gasteiger partial charge is 0.0244 e. The molecule has 0 radical (unpaired) electrons. The fourth-order valence-electron chi connectivity index (χ4n) is 2.51. The van der Waals surface area contributed by atoms with E-state index >= 15 is 0 Å². The standard InChI is InChI=1S/C14H24N2S/c15-8-4-2-1-3-5-9-16-10-6-14-13(12-16)7-11-17-14/h7,11H,1-6,8-10,12,15H2. The maximum absolute atomic E-state index is 5.49. The van der Waals surface area contributed by atoms with Crippen LogP contribution in [0, 0.1) is 0 Å². The van der Waals surface area contributed by atoms with Gasteiger partial charge in [-0.15, -0.1) is 11.3 Å². The molecule has 0 unspecified atom stereocenters. The van der Waals surface area contributed by atoms with E-state index in [9.17, 15) is 0 Å². The van der Waals surface area contributed by atoms with Crippen molar-refractivity contribution in [1.29, 1.82) is 0 Å². The van der Waals surface area contributed by atoms with Crippen molar-refractivity contribution in [3.05, 3.63) is 21.9 Å². The number of thiophene rings is 1. The van der Waals surface area contributed by atoms with Crippen LogP contribution in [0.15, 0.2) is 11.4 Å². The lowest BCUT2D eigenvalue weighted by Crippen LogP contribution is -2.30. The first kappa shape index (κ1) is 13.1. The van der Waals surface area contributed by atoms with Gasteiger partial charge in [0.2, 0.25) is 0 Å². The molecule has 2 rings (SSSR count). The number of rotatable bonds is 7. The summed E-state index contributed by atoms with van der Waals surface area (Å²) in [6, 6.07) is 2.30. The number of hydrogen-bond acceptors (Lipinski definition) is 3. The molecule has 96 valence electrons. The van der Waals surface area contributed by atoms with Crippen molar-refractivity contribution in [1.82, 2.24) is 4.90 Å². The Balaban J connectivity index is 1.59. The molecule has 2 N–H and O–H groups in total. The van der Waals surface area contributed by atoms with Gasteiger partial charge in [-0.05, 0) is 49.4 Å². The molecular weight excluding hydrogens is 228 g/mol. The molecule has 3 heteroatoms. The maximum atomic E-state index is 5.49. The van der Waals surface area contributed by atoms with Gasteiger partial charge < -0.3 is 5.73 Å². The molecule has 0 amide bonds. The average Bonchev–Trinajstić information content (AvgIpc) is 2.81. The quantitative estimate of drug-likeness (QED) is 0.756. The molecule has 1 aliphatic heterocycles. The zero-order chi connectivity index (χ0) is 11.9. The Bertz CT molecular complexity index is 322. The molecule has 0 fully saturated rings. The molecule has 1 aromatic rings. The number of unbranched alkanes of at least 4 members (excludes halogenated alkanes) is 4. The van der Waals surface area contributed by atoms with E-state index in [0.29, 0.717) is 0 Å². The lowest BCUT2D eigenvalue weighted by Gasteiger charge is -2.26. The number of fused-ring (bicyclic) bond motifs is 1. The minimum absolute atomic E-state index is 0.854. The summed E-state index contributed by atoms with van der Waals surface area (Å²) in [6.45, 7) is 4.57. The summed E-state index contributed by atoms with van der Waals surface area (Å²) in [6.07, 6.45) is 7.85. The van der Waals surface area contributed by atoms with Gasteiger partial charge in [0.1, 0.15) is 0 Å². The van der Waals surface area contributed by atoms with E-state index in [0.717, 1.165) is 6.54 Å². The normalized spacial score (nSPS) is 16.1. The Kier molecular flexibility index (Phi) is 5.49. The Morgan fingerprint density at radius 2 is 2.00 bits per heavy atom. The largest absolute Gasteiger partial charge is 0.330 e. The van der Waals surface area contributed by atoms with Crippen LogP contribution in [-0.2, 0) is 13.0 Å².